The van der Waals surface area contributed by atoms with Gasteiger partial charge in [-0.05, 0) is 49.8 Å². The lowest BCUT2D eigenvalue weighted by molar-refractivity contribution is -0.126. The van der Waals surface area contributed by atoms with Crippen LogP contribution in [0.4, 0.5) is 14.6 Å². The Morgan fingerprint density at radius 2 is 1.84 bits per heavy atom. The quantitative estimate of drug-likeness (QED) is 0.317. The molecular formula is C31H29F2N5O6S. The fourth-order valence-electron chi connectivity index (χ4n) is 5.77. The van der Waals surface area contributed by atoms with E-state index in [4.69, 9.17) is 4.74 Å². The number of halogens is 2. The molecule has 45 heavy (non-hydrogen) atoms. The molecular weight excluding hydrogens is 608 g/mol. The van der Waals surface area contributed by atoms with Crippen molar-refractivity contribution in [2.24, 2.45) is 0 Å². The summed E-state index contributed by atoms with van der Waals surface area (Å²) < 4.78 is 64.4. The first-order valence-corrected chi connectivity index (χ1v) is 15.7. The number of phenolic OH excluding ortho intramolecular Hbond substituents is 1. The number of phenols is 1. The predicted molar refractivity (Wildman–Crippen MR) is 162 cm³/mol. The van der Waals surface area contributed by atoms with Gasteiger partial charge in [0.25, 0.3) is 0 Å². The van der Waals surface area contributed by atoms with Gasteiger partial charge in [0.2, 0.25) is 5.91 Å². The van der Waals surface area contributed by atoms with Crippen LogP contribution in [-0.4, -0.2) is 83.0 Å². The number of hydrogen-bond acceptors (Lipinski definition) is 9. The SMILES string of the molecule is C=CC(=O)N1CCN(c2nc(=O)n(-c3c(C)cccc3S(=O)(=O)C3COC3)c3nc(-c4c(O)cccc4F)c(F)cc23)[C@@H](C)C1. The number of amides is 1. The molecule has 0 saturated carbocycles. The number of rotatable bonds is 6. The van der Waals surface area contributed by atoms with Crippen LogP contribution >= 0.6 is 0 Å². The number of anilines is 1. The van der Waals surface area contributed by atoms with Crippen LogP contribution < -0.4 is 10.6 Å². The molecule has 6 rings (SSSR count). The molecule has 11 nitrogen and oxygen atoms in total. The zero-order valence-electron chi connectivity index (χ0n) is 24.4. The Hall–Kier alpha value is -4.69. The summed E-state index contributed by atoms with van der Waals surface area (Å²) >= 11 is 0. The van der Waals surface area contributed by atoms with Crippen LogP contribution in [0.5, 0.6) is 5.75 Å². The Labute approximate surface area is 256 Å². The summed E-state index contributed by atoms with van der Waals surface area (Å²) in [5.74, 6) is -2.74. The maximum absolute atomic E-state index is 15.9. The van der Waals surface area contributed by atoms with Gasteiger partial charge in [-0.1, -0.05) is 24.8 Å². The van der Waals surface area contributed by atoms with Crippen molar-refractivity contribution in [3.8, 4) is 22.7 Å². The first-order chi connectivity index (χ1) is 21.4. The van der Waals surface area contributed by atoms with E-state index in [-0.39, 0.29) is 72.2 Å². The number of aromatic hydroxyl groups is 1. The highest BCUT2D eigenvalue weighted by Crippen LogP contribution is 2.37. The van der Waals surface area contributed by atoms with E-state index >= 15 is 8.78 Å². The molecule has 234 valence electrons. The number of nitrogens with zero attached hydrogens (tertiary/aromatic N) is 5. The minimum Gasteiger partial charge on any atom is -0.507 e. The molecule has 2 aliphatic rings. The van der Waals surface area contributed by atoms with Crippen molar-refractivity contribution in [2.45, 2.75) is 30.0 Å². The van der Waals surface area contributed by atoms with Crippen LogP contribution in [0.15, 0.2) is 64.8 Å². The fraction of sp³-hybridized carbons (Fsp3) is 0.290. The van der Waals surface area contributed by atoms with Gasteiger partial charge in [-0.15, -0.1) is 0 Å². The van der Waals surface area contributed by atoms with Gasteiger partial charge in [-0.2, -0.15) is 4.98 Å². The van der Waals surface area contributed by atoms with Gasteiger partial charge < -0.3 is 19.6 Å². The van der Waals surface area contributed by atoms with Crippen LogP contribution in [0.25, 0.3) is 28.0 Å². The topological polar surface area (TPSA) is 135 Å². The summed E-state index contributed by atoms with van der Waals surface area (Å²) in [6.07, 6.45) is 1.21. The third-order valence-corrected chi connectivity index (χ3v) is 10.3. The lowest BCUT2D eigenvalue weighted by atomic mass is 10.1. The molecule has 4 heterocycles. The van der Waals surface area contributed by atoms with E-state index in [0.29, 0.717) is 5.56 Å². The molecule has 0 spiro atoms. The maximum Gasteiger partial charge on any atom is 0.355 e. The Kier molecular flexibility index (Phi) is 7.65. The number of para-hydroxylation sites is 1. The first-order valence-electron chi connectivity index (χ1n) is 14.1. The van der Waals surface area contributed by atoms with Gasteiger partial charge in [0.05, 0.1) is 34.7 Å². The predicted octanol–water partition coefficient (Wildman–Crippen LogP) is 3.14. The smallest absolute Gasteiger partial charge is 0.355 e. The summed E-state index contributed by atoms with van der Waals surface area (Å²) in [5, 5.41) is 9.70. The van der Waals surface area contributed by atoms with Crippen LogP contribution in [-0.2, 0) is 19.4 Å². The number of pyridine rings is 1. The van der Waals surface area contributed by atoms with Gasteiger partial charge in [-0.25, -0.2) is 31.5 Å². The lowest BCUT2D eigenvalue weighted by Gasteiger charge is -2.40. The molecule has 1 atom stereocenters. The third kappa shape index (κ3) is 5.03. The van der Waals surface area contributed by atoms with Crippen molar-refractivity contribution in [1.29, 1.82) is 0 Å². The molecule has 14 heteroatoms. The summed E-state index contributed by atoms with van der Waals surface area (Å²) in [5.41, 5.74) is -1.85. The molecule has 1 amide bonds. The molecule has 4 aromatic rings. The number of piperazine rings is 1. The van der Waals surface area contributed by atoms with E-state index in [0.717, 1.165) is 16.7 Å². The van der Waals surface area contributed by atoms with E-state index in [1.165, 1.54) is 24.3 Å². The summed E-state index contributed by atoms with van der Waals surface area (Å²) in [6, 6.07) is 8.65. The second-order valence-corrected chi connectivity index (χ2v) is 13.2. The van der Waals surface area contributed by atoms with Gasteiger partial charge in [-0.3, -0.25) is 4.79 Å². The maximum atomic E-state index is 15.9. The molecule has 2 aliphatic heterocycles. The van der Waals surface area contributed by atoms with Gasteiger partial charge in [0, 0.05) is 25.7 Å². The van der Waals surface area contributed by atoms with Crippen molar-refractivity contribution in [2.75, 3.05) is 37.7 Å². The molecule has 0 unspecified atom stereocenters. The largest absolute Gasteiger partial charge is 0.507 e. The number of carbonyl (C=O) groups excluding carboxylic acids is 1. The highest BCUT2D eigenvalue weighted by Gasteiger charge is 2.37. The van der Waals surface area contributed by atoms with Crippen LogP contribution in [0, 0.1) is 18.6 Å². The standard InChI is InChI=1S/C31H29F2N5O6S/c1-4-25(40)36-11-12-37(18(3)14-36)29-20-13-22(33)27(26-21(32)8-6-9-23(26)39)34-30(20)38(31(41)35-29)28-17(2)7-5-10-24(28)45(42,43)19-15-44-16-19/h4-10,13,18-19,39H,1,11-12,14-16H2,2-3H3/t18-/m0/s1. The lowest BCUT2D eigenvalue weighted by Crippen LogP contribution is -2.54. The minimum absolute atomic E-state index is 0.0130. The average molecular weight is 638 g/mol. The summed E-state index contributed by atoms with van der Waals surface area (Å²) in [6.45, 7) is 7.69. The Morgan fingerprint density at radius 3 is 2.49 bits per heavy atom. The number of ether oxygens (including phenoxy) is 1. The van der Waals surface area contributed by atoms with E-state index in [1.807, 2.05) is 6.92 Å². The molecule has 0 radical (unpaired) electrons. The van der Waals surface area contributed by atoms with Gasteiger partial charge in [0.15, 0.2) is 21.3 Å². The molecule has 2 fully saturated rings. The van der Waals surface area contributed by atoms with Crippen LogP contribution in [0.1, 0.15) is 12.5 Å². The molecule has 0 bridgehead atoms. The van der Waals surface area contributed by atoms with Gasteiger partial charge >= 0.3 is 5.69 Å². The van der Waals surface area contributed by atoms with E-state index in [2.05, 4.69) is 16.5 Å². The fourth-order valence-corrected chi connectivity index (χ4v) is 7.47. The van der Waals surface area contributed by atoms with Crippen molar-refractivity contribution < 1.29 is 31.8 Å². The molecule has 2 aromatic carbocycles. The van der Waals surface area contributed by atoms with Crippen molar-refractivity contribution in [3.05, 3.63) is 82.8 Å². The second kappa shape index (κ2) is 11.3. The molecule has 0 aliphatic carbocycles. The van der Waals surface area contributed by atoms with Crippen LogP contribution in [0.3, 0.4) is 0 Å². The van der Waals surface area contributed by atoms with E-state index in [9.17, 15) is 23.1 Å². The highest BCUT2D eigenvalue weighted by molar-refractivity contribution is 7.92. The Morgan fingerprint density at radius 1 is 1.11 bits per heavy atom. The molecule has 2 saturated heterocycles. The van der Waals surface area contributed by atoms with Crippen molar-refractivity contribution in [1.82, 2.24) is 19.4 Å². The summed E-state index contributed by atoms with van der Waals surface area (Å²) in [4.78, 5) is 38.2. The number of sulfone groups is 1. The zero-order chi connectivity index (χ0) is 32.2. The van der Waals surface area contributed by atoms with E-state index in [1.54, 1.807) is 28.9 Å². The van der Waals surface area contributed by atoms with Crippen LogP contribution in [0.2, 0.25) is 0 Å². The number of fused-ring (bicyclic) bond motifs is 1. The van der Waals surface area contributed by atoms with E-state index < -0.39 is 49.4 Å². The number of benzene rings is 2. The molecule has 2 aromatic heterocycles. The Bertz CT molecular complexity index is 2030. The first kappa shape index (κ1) is 30.3. The number of carbonyl (C=O) groups is 1. The molecule has 1 N–H and O–H groups in total. The Balaban J connectivity index is 1.66. The van der Waals surface area contributed by atoms with Gasteiger partial charge in [0.1, 0.15) is 28.3 Å². The monoisotopic (exact) mass is 637 g/mol. The average Bonchev–Trinajstić information content (AvgIpc) is 2.96. The minimum atomic E-state index is -4.00. The van der Waals surface area contributed by atoms with Crippen molar-refractivity contribution in [3.63, 3.8) is 0 Å². The highest BCUT2D eigenvalue weighted by atomic mass is 32.2. The zero-order valence-corrected chi connectivity index (χ0v) is 25.2. The second-order valence-electron chi connectivity index (χ2n) is 11.0. The normalized spacial score (nSPS) is 17.4. The number of aryl methyl sites for hydroxylation is 1. The summed E-state index contributed by atoms with van der Waals surface area (Å²) in [7, 11) is -4.00. The number of hydrogen-bond donors (Lipinski definition) is 1. The third-order valence-electron chi connectivity index (χ3n) is 8.19. The number of aromatic nitrogens is 3. The van der Waals surface area contributed by atoms with Crippen molar-refractivity contribution >= 4 is 32.6 Å².